The van der Waals surface area contributed by atoms with Crippen molar-refractivity contribution in [1.82, 2.24) is 10.6 Å². The average Bonchev–Trinajstić information content (AvgIpc) is 3.62. The molecule has 0 saturated carbocycles. The van der Waals surface area contributed by atoms with E-state index in [1.54, 1.807) is 79.7 Å². The van der Waals surface area contributed by atoms with Crippen molar-refractivity contribution in [2.45, 2.75) is 136 Å². The van der Waals surface area contributed by atoms with Gasteiger partial charge in [-0.25, -0.2) is 9.59 Å². The van der Waals surface area contributed by atoms with E-state index in [-0.39, 0.29) is 91.6 Å². The Hall–Kier alpha value is -5.80. The predicted molar refractivity (Wildman–Crippen MR) is 339 cm³/mol. The summed E-state index contributed by atoms with van der Waals surface area (Å²) >= 11 is 7.52. The number of carbonyl (C=O) groups excluding carboxylic acids is 9. The van der Waals surface area contributed by atoms with Crippen molar-refractivity contribution < 1.29 is 86.6 Å². The molecule has 4 N–H and O–H groups in total. The van der Waals surface area contributed by atoms with Crippen molar-refractivity contribution in [2.24, 2.45) is 0 Å². The van der Waals surface area contributed by atoms with Crippen LogP contribution in [0.2, 0.25) is 0 Å². The number of hydrogen-bond acceptors (Lipinski definition) is 19. The van der Waals surface area contributed by atoms with Gasteiger partial charge in [0.15, 0.2) is 0 Å². The van der Waals surface area contributed by atoms with E-state index in [1.807, 2.05) is 60.6 Å². The van der Waals surface area contributed by atoms with Gasteiger partial charge in [-0.3, -0.25) is 38.4 Å². The van der Waals surface area contributed by atoms with Gasteiger partial charge in [0.05, 0.1) is 31.3 Å². The number of carbonyl (C=O) groups is 10. The summed E-state index contributed by atoms with van der Waals surface area (Å²) in [5.41, 5.74) is 4.38. The maximum absolute atomic E-state index is 12.2. The van der Waals surface area contributed by atoms with Crippen molar-refractivity contribution in [1.29, 1.82) is 10.8 Å². The molecule has 0 spiro atoms. The molecule has 0 aliphatic heterocycles. The van der Waals surface area contributed by atoms with E-state index in [2.05, 4.69) is 15.4 Å². The van der Waals surface area contributed by atoms with Gasteiger partial charge in [-0.15, -0.1) is 0 Å². The van der Waals surface area contributed by atoms with Gasteiger partial charge in [0.1, 0.15) is 34.1 Å². The third-order valence-corrected chi connectivity index (χ3v) is 9.70. The topological polar surface area (TPSA) is 338 Å². The molecule has 4 aromatic rings. The van der Waals surface area contributed by atoms with Gasteiger partial charge in [0.2, 0.25) is 5.24 Å². The van der Waals surface area contributed by atoms with Gasteiger partial charge < -0.3 is 49.3 Å². The van der Waals surface area contributed by atoms with Crippen LogP contribution in [0.1, 0.15) is 172 Å². The van der Waals surface area contributed by atoms with Crippen molar-refractivity contribution in [3.8, 4) is 23.0 Å². The summed E-state index contributed by atoms with van der Waals surface area (Å²) in [6.07, 6.45) is 10.8. The summed E-state index contributed by atoms with van der Waals surface area (Å²) in [4.78, 5) is 111. The van der Waals surface area contributed by atoms with Crippen LogP contribution in [-0.2, 0) is 38.2 Å². The molecule has 88 heavy (non-hydrogen) atoms. The first kappa shape index (κ1) is 93.3. The van der Waals surface area contributed by atoms with E-state index >= 15 is 0 Å². The fraction of sp³-hybridized carbons (Fsp3) is 0.397. The molecule has 0 fully saturated rings. The van der Waals surface area contributed by atoms with Crippen molar-refractivity contribution in [3.05, 3.63) is 142 Å². The van der Waals surface area contributed by atoms with Gasteiger partial charge >= 0.3 is 105 Å². The number of aliphatic hydroxyl groups excluding tert-OH is 1. The Balaban J connectivity index is -0.000000240. The Labute approximate surface area is 569 Å². The van der Waals surface area contributed by atoms with Crippen LogP contribution in [0, 0.1) is 38.5 Å². The molecule has 0 aromatic heterocycles. The molecule has 476 valence electrons. The number of hydrogen-bond donors (Lipinski definition) is 4. The summed E-state index contributed by atoms with van der Waals surface area (Å²) < 4.78 is 29.4. The summed E-state index contributed by atoms with van der Waals surface area (Å²) in [6.45, 7) is 21.4. The summed E-state index contributed by atoms with van der Waals surface area (Å²) in [7, 11) is 1.28. The average molecular weight is 1300 g/mol. The molecule has 0 atom stereocenters. The van der Waals surface area contributed by atoms with E-state index in [0.29, 0.717) is 43.5 Å². The van der Waals surface area contributed by atoms with Crippen LogP contribution in [0.15, 0.2) is 97.1 Å². The normalized spacial score (nSPS) is 9.28. The first-order chi connectivity index (χ1) is 40.8. The number of nitrogens with one attached hydrogen (secondary N) is 2. The van der Waals surface area contributed by atoms with Crippen molar-refractivity contribution >= 4 is 134 Å². The Morgan fingerprint density at radius 2 is 0.852 bits per heavy atom. The fourth-order valence-corrected chi connectivity index (χ4v) is 6.07. The minimum atomic E-state index is -1.11. The Kier molecular flexibility index (Phi) is 62.4. The monoisotopic (exact) mass is 1300 g/mol. The molecule has 25 heteroatoms. The quantitative estimate of drug-likeness (QED) is 0.0114. The van der Waals surface area contributed by atoms with E-state index in [4.69, 9.17) is 56.3 Å². The number of ether oxygens (including phenoxy) is 6. The summed E-state index contributed by atoms with van der Waals surface area (Å²) in [6, 6.07) is 19.6. The van der Waals surface area contributed by atoms with Gasteiger partial charge in [0, 0.05) is 64.6 Å². The molecule has 0 bridgehead atoms. The summed E-state index contributed by atoms with van der Waals surface area (Å²) in [5, 5.41) is 34.5. The molecule has 0 aliphatic rings. The Bertz CT molecular complexity index is 2860. The first-order valence-corrected chi connectivity index (χ1v) is 43.7. The standard InChI is InChI=1S/C19H25NO5.C13H17NO4.C11H12O4.C10H10O4.C6H9ClO.C2H6.2CH4.2K.N2/c1-4-5-6-8-18(22)24-12-7-11-20-19(23)16-10-9-14(2)13-17(16)25-15(3)21;1-9-4-5-11(12(8-9)18-10(2)16)13(17)14-6-3-7-15;1-7-4-5-9(11(13)14-3)10(6-7)15-8(2)12;1-6-3-4-8(10(12)13)9(5-6)14-7(2)11;1-2-3-4-5-6(7)8;1-2;;;;;1-2/h5-6,9-10,13H,4,7-8,11-12H2,1-3H3,(H,20,23);4-5,8,15H,3,6-7H2,1-2H3,(H,14,17);4-6H,1-3H3;3-5H,1-2H3,(H,12,13);3-4H,2,5H2,1H3;1-2H3;2*1H4;;;/b6-5-;;;;4-3-;;;;;;. The number of halogens is 1. The second kappa shape index (κ2) is 58.9. The number of amides is 2. The molecule has 22 nitrogen and oxygen atoms in total. The Morgan fingerprint density at radius 1 is 0.534 bits per heavy atom. The third-order valence-electron chi connectivity index (χ3n) is 9.55. The zero-order valence-corrected chi connectivity index (χ0v) is 59.0. The zero-order chi connectivity index (χ0) is 66.7. The number of allylic oxidation sites excluding steroid dienone is 3. The van der Waals surface area contributed by atoms with Gasteiger partial charge in [-0.1, -0.05) is 91.1 Å². The van der Waals surface area contributed by atoms with Crippen LogP contribution < -0.4 is 29.6 Å². The fourth-order valence-electron chi connectivity index (χ4n) is 5.99. The SMILES string of the molecule is C.C.CC.CC(=O)Oc1cc(C)ccc1C(=O)NCCCO.CC(=O)Oc1cc(C)ccc1C(=O)O.CC/C=C\CC(=O)Cl.CC/C=C\CC(=O)OCCCNC(=O)c1ccc(C)cc1OC(C)=O.COC(=O)c1ccc(C)cc1OC(C)=O.N#N.[K][K]. The molecule has 0 radical (unpaired) electrons. The van der Waals surface area contributed by atoms with E-state index in [1.165, 1.54) is 110 Å². The zero-order valence-electron chi connectivity index (χ0n) is 52.0. The number of aromatic carboxylic acids is 1. The predicted octanol–water partition coefficient (Wildman–Crippen LogP) is 11.0. The number of benzene rings is 4. The second-order valence-corrected chi connectivity index (χ2v) is 17.3. The number of esters is 6. The van der Waals surface area contributed by atoms with Crippen LogP contribution in [0.4, 0.5) is 0 Å². The number of carboxylic acid groups (broad SMARTS) is 1. The number of nitrogens with zero attached hydrogens (tertiary/aromatic N) is 2. The number of aryl methyl sites for hydroxylation is 4. The molecule has 0 saturated heterocycles. The van der Waals surface area contributed by atoms with E-state index < -0.39 is 35.8 Å². The van der Waals surface area contributed by atoms with Gasteiger partial charge in [-0.2, -0.15) is 0 Å². The van der Waals surface area contributed by atoms with Crippen LogP contribution in [0.25, 0.3) is 0 Å². The second-order valence-electron chi connectivity index (χ2n) is 16.9. The van der Waals surface area contributed by atoms with Crippen LogP contribution in [-0.4, -0.2) is 166 Å². The number of methoxy groups -OCH3 is 1. The number of aliphatic hydroxyl groups is 1. The summed E-state index contributed by atoms with van der Waals surface area (Å²) in [5.74, 6) is -3.72. The first-order valence-electron chi connectivity index (χ1n) is 27.3. The van der Waals surface area contributed by atoms with Crippen molar-refractivity contribution in [2.75, 3.05) is 33.4 Å². The van der Waals surface area contributed by atoms with Gasteiger partial charge in [-0.05, 0) is 136 Å². The molecule has 0 heterocycles. The molecule has 4 rings (SSSR count). The molecular weight excluding hydrogens is 1210 g/mol. The van der Waals surface area contributed by atoms with Gasteiger partial charge in [0.25, 0.3) is 11.8 Å². The van der Waals surface area contributed by atoms with E-state index in [9.17, 15) is 47.9 Å². The third kappa shape index (κ3) is 47.2. The number of rotatable bonds is 21. The molecule has 0 aliphatic carbocycles. The molecular formula is C63H87ClK2N4O18. The number of carboxylic acids is 1. The maximum atomic E-state index is 12.2. The van der Waals surface area contributed by atoms with Crippen LogP contribution >= 0.6 is 11.6 Å². The molecule has 4 aromatic carbocycles. The minimum absolute atomic E-state index is 0. The molecule has 0 unspecified atom stereocenters. The van der Waals surface area contributed by atoms with E-state index in [0.717, 1.165) is 35.1 Å². The van der Waals surface area contributed by atoms with Crippen LogP contribution in [0.5, 0.6) is 23.0 Å². The molecule has 2 amide bonds. The van der Waals surface area contributed by atoms with Crippen LogP contribution in [0.3, 0.4) is 0 Å². The Morgan fingerprint density at radius 3 is 1.17 bits per heavy atom. The van der Waals surface area contributed by atoms with Crippen molar-refractivity contribution in [3.63, 3.8) is 0 Å².